The summed E-state index contributed by atoms with van der Waals surface area (Å²) in [4.78, 5) is 13.7. The van der Waals surface area contributed by atoms with Crippen molar-refractivity contribution in [2.45, 2.75) is 40.0 Å². The van der Waals surface area contributed by atoms with Gasteiger partial charge in [-0.1, -0.05) is 20.3 Å². The van der Waals surface area contributed by atoms with Crippen LogP contribution in [0.5, 0.6) is 0 Å². The SMILES string of the molecule is CCC(C)CN1CCC(C(C)=O)CC1. The van der Waals surface area contributed by atoms with E-state index in [0.29, 0.717) is 11.7 Å². The fourth-order valence-corrected chi connectivity index (χ4v) is 2.09. The van der Waals surface area contributed by atoms with Gasteiger partial charge in [0.25, 0.3) is 0 Å². The maximum absolute atomic E-state index is 11.2. The van der Waals surface area contributed by atoms with Crippen LogP contribution >= 0.6 is 0 Å². The summed E-state index contributed by atoms with van der Waals surface area (Å²) in [6.45, 7) is 9.73. The molecule has 1 fully saturated rings. The van der Waals surface area contributed by atoms with E-state index in [4.69, 9.17) is 0 Å². The molecule has 0 spiro atoms. The van der Waals surface area contributed by atoms with Crippen LogP contribution in [0, 0.1) is 11.8 Å². The minimum Gasteiger partial charge on any atom is -0.303 e. The average molecular weight is 197 g/mol. The second-order valence-corrected chi connectivity index (χ2v) is 4.70. The van der Waals surface area contributed by atoms with Gasteiger partial charge in [0.05, 0.1) is 0 Å². The highest BCUT2D eigenvalue weighted by atomic mass is 16.1. The van der Waals surface area contributed by atoms with Crippen LogP contribution in [0.1, 0.15) is 40.0 Å². The first-order valence-electron chi connectivity index (χ1n) is 5.86. The Hall–Kier alpha value is -0.370. The van der Waals surface area contributed by atoms with Crippen LogP contribution in [-0.2, 0) is 4.79 Å². The molecule has 0 aromatic heterocycles. The molecule has 0 aromatic carbocycles. The highest BCUT2D eigenvalue weighted by Crippen LogP contribution is 2.19. The molecule has 0 aliphatic carbocycles. The van der Waals surface area contributed by atoms with E-state index in [9.17, 15) is 4.79 Å². The number of ketones is 1. The Labute approximate surface area is 87.7 Å². The Balaban J connectivity index is 2.25. The number of carbonyl (C=O) groups excluding carboxylic acids is 1. The van der Waals surface area contributed by atoms with Crippen molar-refractivity contribution in [3.63, 3.8) is 0 Å². The third-order valence-electron chi connectivity index (χ3n) is 3.43. The van der Waals surface area contributed by atoms with Crippen molar-refractivity contribution in [2.75, 3.05) is 19.6 Å². The molecule has 1 heterocycles. The van der Waals surface area contributed by atoms with Gasteiger partial charge in [-0.15, -0.1) is 0 Å². The number of nitrogens with zero attached hydrogens (tertiary/aromatic N) is 1. The van der Waals surface area contributed by atoms with Gasteiger partial charge in [0.2, 0.25) is 0 Å². The fraction of sp³-hybridized carbons (Fsp3) is 0.917. The van der Waals surface area contributed by atoms with E-state index in [0.717, 1.165) is 31.8 Å². The molecular weight excluding hydrogens is 174 g/mol. The summed E-state index contributed by atoms with van der Waals surface area (Å²) < 4.78 is 0. The van der Waals surface area contributed by atoms with Gasteiger partial charge in [0.15, 0.2) is 0 Å². The molecule has 2 nitrogen and oxygen atoms in total. The third-order valence-corrected chi connectivity index (χ3v) is 3.43. The molecule has 14 heavy (non-hydrogen) atoms. The maximum Gasteiger partial charge on any atom is 0.133 e. The molecule has 0 radical (unpaired) electrons. The van der Waals surface area contributed by atoms with E-state index in [1.165, 1.54) is 13.0 Å². The zero-order chi connectivity index (χ0) is 10.6. The molecule has 0 aromatic rings. The molecule has 1 aliphatic heterocycles. The summed E-state index contributed by atoms with van der Waals surface area (Å²) >= 11 is 0. The summed E-state index contributed by atoms with van der Waals surface area (Å²) in [5, 5.41) is 0. The lowest BCUT2D eigenvalue weighted by atomic mass is 9.93. The van der Waals surface area contributed by atoms with Crippen molar-refractivity contribution < 1.29 is 4.79 Å². The van der Waals surface area contributed by atoms with Crippen molar-refractivity contribution >= 4 is 5.78 Å². The van der Waals surface area contributed by atoms with E-state index in [1.807, 2.05) is 0 Å². The second-order valence-electron chi connectivity index (χ2n) is 4.70. The first-order valence-corrected chi connectivity index (χ1v) is 5.86. The highest BCUT2D eigenvalue weighted by molar-refractivity contribution is 5.78. The number of piperidine rings is 1. The lowest BCUT2D eigenvalue weighted by molar-refractivity contribution is -0.122. The average Bonchev–Trinajstić information content (AvgIpc) is 2.18. The first kappa shape index (κ1) is 11.7. The van der Waals surface area contributed by atoms with Gasteiger partial charge in [-0.25, -0.2) is 0 Å². The minimum absolute atomic E-state index is 0.350. The van der Waals surface area contributed by atoms with Crippen molar-refractivity contribution in [1.29, 1.82) is 0 Å². The van der Waals surface area contributed by atoms with Crippen LogP contribution in [-0.4, -0.2) is 30.3 Å². The van der Waals surface area contributed by atoms with E-state index in [2.05, 4.69) is 18.7 Å². The Bertz CT molecular complexity index is 183. The van der Waals surface area contributed by atoms with Crippen molar-refractivity contribution in [3.05, 3.63) is 0 Å². The summed E-state index contributed by atoms with van der Waals surface area (Å²) in [5.41, 5.74) is 0. The largest absolute Gasteiger partial charge is 0.303 e. The van der Waals surface area contributed by atoms with Crippen LogP contribution in [0.4, 0.5) is 0 Å². The second kappa shape index (κ2) is 5.50. The molecule has 0 N–H and O–H groups in total. The fourth-order valence-electron chi connectivity index (χ4n) is 2.09. The van der Waals surface area contributed by atoms with Gasteiger partial charge in [0.1, 0.15) is 5.78 Å². The normalized spacial score (nSPS) is 22.2. The van der Waals surface area contributed by atoms with Gasteiger partial charge >= 0.3 is 0 Å². The number of carbonyl (C=O) groups is 1. The lowest BCUT2D eigenvalue weighted by Gasteiger charge is -2.32. The van der Waals surface area contributed by atoms with Crippen LogP contribution in [0.3, 0.4) is 0 Å². The summed E-state index contributed by atoms with van der Waals surface area (Å²) in [5.74, 6) is 1.53. The molecule has 0 amide bonds. The van der Waals surface area contributed by atoms with Gasteiger partial charge in [-0.05, 0) is 38.8 Å². The number of likely N-dealkylation sites (tertiary alicyclic amines) is 1. The first-order chi connectivity index (χ1) is 6.63. The van der Waals surface area contributed by atoms with Crippen molar-refractivity contribution in [3.8, 4) is 0 Å². The van der Waals surface area contributed by atoms with Gasteiger partial charge in [0, 0.05) is 12.5 Å². The number of hydrogen-bond donors (Lipinski definition) is 0. The van der Waals surface area contributed by atoms with E-state index in [1.54, 1.807) is 6.92 Å². The lowest BCUT2D eigenvalue weighted by Crippen LogP contribution is -2.38. The van der Waals surface area contributed by atoms with Crippen LogP contribution in [0.25, 0.3) is 0 Å². The van der Waals surface area contributed by atoms with Crippen molar-refractivity contribution in [2.24, 2.45) is 11.8 Å². The van der Waals surface area contributed by atoms with Gasteiger partial charge in [-0.2, -0.15) is 0 Å². The molecule has 1 aliphatic rings. The summed E-state index contributed by atoms with van der Waals surface area (Å²) in [6, 6.07) is 0. The molecule has 1 unspecified atom stereocenters. The zero-order valence-electron chi connectivity index (χ0n) is 9.75. The molecule has 2 heteroatoms. The predicted molar refractivity (Wildman–Crippen MR) is 59.3 cm³/mol. The number of hydrogen-bond acceptors (Lipinski definition) is 2. The van der Waals surface area contributed by atoms with Crippen molar-refractivity contribution in [1.82, 2.24) is 4.90 Å². The third kappa shape index (κ3) is 3.41. The topological polar surface area (TPSA) is 20.3 Å². The molecule has 1 saturated heterocycles. The Morgan fingerprint density at radius 1 is 1.43 bits per heavy atom. The summed E-state index contributed by atoms with van der Waals surface area (Å²) in [7, 11) is 0. The molecule has 82 valence electrons. The quantitative estimate of drug-likeness (QED) is 0.689. The maximum atomic E-state index is 11.2. The van der Waals surface area contributed by atoms with E-state index >= 15 is 0 Å². The predicted octanol–water partition coefficient (Wildman–Crippen LogP) is 2.33. The zero-order valence-corrected chi connectivity index (χ0v) is 9.75. The number of Topliss-reactive ketones (excluding diaryl/α,β-unsaturated/α-hetero) is 1. The van der Waals surface area contributed by atoms with E-state index < -0.39 is 0 Å². The molecule has 1 atom stereocenters. The monoisotopic (exact) mass is 197 g/mol. The Morgan fingerprint density at radius 3 is 2.43 bits per heavy atom. The van der Waals surface area contributed by atoms with Crippen LogP contribution in [0.15, 0.2) is 0 Å². The van der Waals surface area contributed by atoms with Crippen LogP contribution < -0.4 is 0 Å². The number of rotatable bonds is 4. The van der Waals surface area contributed by atoms with Gasteiger partial charge in [-0.3, -0.25) is 4.79 Å². The molecular formula is C12H23NO. The molecule has 0 saturated carbocycles. The molecule has 0 bridgehead atoms. The van der Waals surface area contributed by atoms with Gasteiger partial charge < -0.3 is 4.90 Å². The smallest absolute Gasteiger partial charge is 0.133 e. The Morgan fingerprint density at radius 2 is 2.00 bits per heavy atom. The standard InChI is InChI=1S/C12H23NO/c1-4-10(2)9-13-7-5-12(6-8-13)11(3)14/h10,12H,4-9H2,1-3H3. The summed E-state index contributed by atoms with van der Waals surface area (Å²) in [6.07, 6.45) is 3.41. The molecule has 1 rings (SSSR count). The van der Waals surface area contributed by atoms with E-state index in [-0.39, 0.29) is 0 Å². The minimum atomic E-state index is 0.350. The highest BCUT2D eigenvalue weighted by Gasteiger charge is 2.22. The van der Waals surface area contributed by atoms with Crippen LogP contribution in [0.2, 0.25) is 0 Å². The Kier molecular flexibility index (Phi) is 4.59.